The van der Waals surface area contributed by atoms with E-state index in [2.05, 4.69) is 34.5 Å². The van der Waals surface area contributed by atoms with Gasteiger partial charge in [-0.25, -0.2) is 8.42 Å². The van der Waals surface area contributed by atoms with Crippen molar-refractivity contribution in [1.82, 2.24) is 10.2 Å². The summed E-state index contributed by atoms with van der Waals surface area (Å²) >= 11 is 0. The molecule has 0 atom stereocenters. The highest BCUT2D eigenvalue weighted by atomic mass is 32.2. The summed E-state index contributed by atoms with van der Waals surface area (Å²) in [4.78, 5) is 14.4. The smallest absolute Gasteiger partial charge is 0.221 e. The first-order valence-electron chi connectivity index (χ1n) is 10.7. The number of nitrogens with zero attached hydrogens (tertiary/aromatic N) is 1. The molecular formula is C24H32N2O3S. The van der Waals surface area contributed by atoms with Crippen LogP contribution in [0.1, 0.15) is 43.2 Å². The highest BCUT2D eigenvalue weighted by Gasteiger charge is 2.28. The Morgan fingerprint density at radius 3 is 2.37 bits per heavy atom. The van der Waals surface area contributed by atoms with Crippen LogP contribution in [0.15, 0.2) is 48.5 Å². The van der Waals surface area contributed by atoms with Crippen molar-refractivity contribution in [3.63, 3.8) is 0 Å². The van der Waals surface area contributed by atoms with E-state index in [0.717, 1.165) is 48.9 Å². The molecule has 1 N–H and O–H groups in total. The number of benzene rings is 2. The van der Waals surface area contributed by atoms with Crippen molar-refractivity contribution in [1.29, 1.82) is 0 Å². The van der Waals surface area contributed by atoms with Crippen LogP contribution in [0.25, 0.3) is 11.1 Å². The third-order valence-electron chi connectivity index (χ3n) is 5.68. The Labute approximate surface area is 180 Å². The fourth-order valence-corrected chi connectivity index (χ4v) is 5.90. The van der Waals surface area contributed by atoms with Gasteiger partial charge in [-0.1, -0.05) is 61.4 Å². The third kappa shape index (κ3) is 6.16. The summed E-state index contributed by atoms with van der Waals surface area (Å²) in [5.41, 5.74) is 4.45. The highest BCUT2D eigenvalue weighted by Crippen LogP contribution is 2.26. The monoisotopic (exact) mass is 428 g/mol. The molecular weight excluding hydrogens is 396 g/mol. The van der Waals surface area contributed by atoms with Gasteiger partial charge in [0.1, 0.15) is 0 Å². The molecule has 0 heterocycles. The summed E-state index contributed by atoms with van der Waals surface area (Å²) in [5, 5.41) is 2.65. The van der Waals surface area contributed by atoms with Crippen molar-refractivity contribution < 1.29 is 13.2 Å². The SMILES string of the molecule is CN(C)Cc1ccc(-c2ccccc2CNC(=O)CCS(=O)(=O)C2CCCC2)cc1. The maximum absolute atomic E-state index is 12.4. The van der Waals surface area contributed by atoms with Crippen LogP contribution in [0, 0.1) is 0 Å². The maximum Gasteiger partial charge on any atom is 0.221 e. The molecule has 2 aromatic carbocycles. The van der Waals surface area contributed by atoms with Gasteiger partial charge in [0.05, 0.1) is 11.0 Å². The molecule has 0 aliphatic heterocycles. The second kappa shape index (κ2) is 10.2. The lowest BCUT2D eigenvalue weighted by Crippen LogP contribution is -2.28. The van der Waals surface area contributed by atoms with Crippen LogP contribution in [0.3, 0.4) is 0 Å². The number of sulfone groups is 1. The molecule has 1 aliphatic carbocycles. The van der Waals surface area contributed by atoms with Gasteiger partial charge in [-0.2, -0.15) is 0 Å². The summed E-state index contributed by atoms with van der Waals surface area (Å²) in [6, 6.07) is 16.4. The summed E-state index contributed by atoms with van der Waals surface area (Å²) in [5.74, 6) is -0.272. The average molecular weight is 429 g/mol. The van der Waals surface area contributed by atoms with Crippen molar-refractivity contribution in [2.75, 3.05) is 19.8 Å². The van der Waals surface area contributed by atoms with Crippen molar-refractivity contribution in [3.05, 3.63) is 59.7 Å². The van der Waals surface area contributed by atoms with Crippen molar-refractivity contribution in [3.8, 4) is 11.1 Å². The number of carbonyl (C=O) groups excluding carboxylic acids is 1. The van der Waals surface area contributed by atoms with Gasteiger partial charge in [0.2, 0.25) is 5.91 Å². The largest absolute Gasteiger partial charge is 0.352 e. The van der Waals surface area contributed by atoms with E-state index in [1.165, 1.54) is 5.56 Å². The number of hydrogen-bond donors (Lipinski definition) is 1. The molecule has 30 heavy (non-hydrogen) atoms. The number of rotatable bonds is 9. The van der Waals surface area contributed by atoms with E-state index in [0.29, 0.717) is 6.54 Å². The second-order valence-corrected chi connectivity index (χ2v) is 10.8. The van der Waals surface area contributed by atoms with E-state index in [9.17, 15) is 13.2 Å². The van der Waals surface area contributed by atoms with E-state index >= 15 is 0 Å². The van der Waals surface area contributed by atoms with Crippen molar-refractivity contribution >= 4 is 15.7 Å². The van der Waals surface area contributed by atoms with Crippen LogP contribution >= 0.6 is 0 Å². The number of amides is 1. The lowest BCUT2D eigenvalue weighted by Gasteiger charge is -2.14. The van der Waals surface area contributed by atoms with Gasteiger partial charge in [-0.3, -0.25) is 4.79 Å². The zero-order chi connectivity index (χ0) is 21.6. The lowest BCUT2D eigenvalue weighted by molar-refractivity contribution is -0.120. The second-order valence-electron chi connectivity index (χ2n) is 8.39. The van der Waals surface area contributed by atoms with Crippen LogP contribution in [-0.4, -0.2) is 44.3 Å². The first-order valence-corrected chi connectivity index (χ1v) is 12.4. The predicted octanol–water partition coefficient (Wildman–Crippen LogP) is 3.78. The topological polar surface area (TPSA) is 66.5 Å². The number of hydrogen-bond acceptors (Lipinski definition) is 4. The maximum atomic E-state index is 12.4. The highest BCUT2D eigenvalue weighted by molar-refractivity contribution is 7.92. The lowest BCUT2D eigenvalue weighted by atomic mass is 9.98. The zero-order valence-corrected chi connectivity index (χ0v) is 18.7. The molecule has 0 unspecified atom stereocenters. The Hall–Kier alpha value is -2.18. The molecule has 2 aromatic rings. The van der Waals surface area contributed by atoms with E-state index in [-0.39, 0.29) is 23.3 Å². The Bertz CT molecular complexity index is 947. The molecule has 0 aromatic heterocycles. The molecule has 0 radical (unpaired) electrons. The molecule has 1 amide bonds. The van der Waals surface area contributed by atoms with Crippen LogP contribution in [-0.2, 0) is 27.7 Å². The molecule has 3 rings (SSSR count). The summed E-state index contributed by atoms with van der Waals surface area (Å²) in [6.07, 6.45) is 3.46. The molecule has 1 saturated carbocycles. The Morgan fingerprint density at radius 2 is 1.70 bits per heavy atom. The average Bonchev–Trinajstić information content (AvgIpc) is 3.27. The summed E-state index contributed by atoms with van der Waals surface area (Å²) in [6.45, 7) is 1.28. The first kappa shape index (κ1) is 22.5. The molecule has 1 fully saturated rings. The zero-order valence-electron chi connectivity index (χ0n) is 17.9. The van der Waals surface area contributed by atoms with Crippen molar-refractivity contribution in [2.45, 2.75) is 50.4 Å². The minimum absolute atomic E-state index is 0.0280. The first-order chi connectivity index (χ1) is 14.3. The summed E-state index contributed by atoms with van der Waals surface area (Å²) < 4.78 is 24.7. The van der Waals surface area contributed by atoms with E-state index in [4.69, 9.17) is 0 Å². The standard InChI is InChI=1S/C24H32N2O3S/c1-26(2)18-19-11-13-20(14-12-19)23-10-6-3-7-21(23)17-25-24(27)15-16-30(28,29)22-8-4-5-9-22/h3,6-7,10-14,22H,4-5,8-9,15-18H2,1-2H3,(H,25,27). The molecule has 6 heteroatoms. The van der Waals surface area contributed by atoms with E-state index in [1.54, 1.807) is 0 Å². The predicted molar refractivity (Wildman–Crippen MR) is 122 cm³/mol. The summed E-state index contributed by atoms with van der Waals surface area (Å²) in [7, 11) is 0.927. The van der Waals surface area contributed by atoms with Crippen LogP contribution < -0.4 is 5.32 Å². The fraction of sp³-hybridized carbons (Fsp3) is 0.458. The van der Waals surface area contributed by atoms with Crippen LogP contribution in [0.2, 0.25) is 0 Å². The van der Waals surface area contributed by atoms with Gasteiger partial charge < -0.3 is 10.2 Å². The molecule has 1 aliphatic rings. The quantitative estimate of drug-likeness (QED) is 0.660. The third-order valence-corrected chi connectivity index (χ3v) is 7.94. The van der Waals surface area contributed by atoms with Gasteiger partial charge in [0.25, 0.3) is 0 Å². The Morgan fingerprint density at radius 1 is 1.03 bits per heavy atom. The molecule has 0 spiro atoms. The molecule has 5 nitrogen and oxygen atoms in total. The molecule has 0 saturated heterocycles. The van der Waals surface area contributed by atoms with Crippen LogP contribution in [0.4, 0.5) is 0 Å². The van der Waals surface area contributed by atoms with Gasteiger partial charge in [0, 0.05) is 19.5 Å². The normalized spacial score (nSPS) is 14.9. The Kier molecular flexibility index (Phi) is 7.67. The van der Waals surface area contributed by atoms with Gasteiger partial charge >= 0.3 is 0 Å². The number of nitrogens with one attached hydrogen (secondary N) is 1. The molecule has 0 bridgehead atoms. The molecule has 162 valence electrons. The van der Waals surface area contributed by atoms with Gasteiger partial charge in [-0.15, -0.1) is 0 Å². The van der Waals surface area contributed by atoms with E-state index in [1.807, 2.05) is 38.4 Å². The van der Waals surface area contributed by atoms with E-state index < -0.39 is 9.84 Å². The number of carbonyl (C=O) groups is 1. The van der Waals surface area contributed by atoms with Crippen LogP contribution in [0.5, 0.6) is 0 Å². The van der Waals surface area contributed by atoms with Gasteiger partial charge in [-0.05, 0) is 49.2 Å². The minimum atomic E-state index is -3.17. The minimum Gasteiger partial charge on any atom is -0.352 e. The Balaban J connectivity index is 1.59. The van der Waals surface area contributed by atoms with Gasteiger partial charge in [0.15, 0.2) is 9.84 Å². The van der Waals surface area contributed by atoms with Crippen molar-refractivity contribution in [2.24, 2.45) is 0 Å². The fourth-order valence-electron chi connectivity index (χ4n) is 4.04.